The number of halogens is 5. The van der Waals surface area contributed by atoms with Gasteiger partial charge in [-0.25, -0.2) is 13.5 Å². The number of benzene rings is 3. The van der Waals surface area contributed by atoms with E-state index in [0.29, 0.717) is 0 Å². The van der Waals surface area contributed by atoms with Crippen LogP contribution in [-0.2, 0) is 6.18 Å². The van der Waals surface area contributed by atoms with Crippen molar-refractivity contribution in [3.05, 3.63) is 124 Å². The summed E-state index contributed by atoms with van der Waals surface area (Å²) in [7, 11) is 0. The van der Waals surface area contributed by atoms with Crippen LogP contribution >= 0.6 is 0 Å². The molecule has 0 N–H and O–H groups in total. The Hall–Kier alpha value is -5.00. The molecule has 0 unspecified atom stereocenters. The number of ketones is 2. The number of alkyl halides is 3. The van der Waals surface area contributed by atoms with Crippen LogP contribution in [0.4, 0.5) is 27.6 Å². The molecule has 12 heteroatoms. The topological polar surface area (TPSA) is 95.1 Å². The van der Waals surface area contributed by atoms with Crippen LogP contribution in [0.2, 0.25) is 0 Å². The molecule has 0 spiro atoms. The van der Waals surface area contributed by atoms with Gasteiger partial charge in [-0.15, -0.1) is 0 Å². The Kier molecular flexibility index (Phi) is 6.98. The summed E-state index contributed by atoms with van der Waals surface area (Å²) >= 11 is 0. The van der Waals surface area contributed by atoms with Crippen LogP contribution in [0.5, 0.6) is 0 Å². The first-order chi connectivity index (χ1) is 17.9. The van der Waals surface area contributed by atoms with Gasteiger partial charge in [-0.3, -0.25) is 19.7 Å². The van der Waals surface area contributed by atoms with E-state index in [0.717, 1.165) is 65.4 Å². The molecular weight excluding hydrogens is 513 g/mol. The molecule has 7 nitrogen and oxygen atoms in total. The zero-order valence-electron chi connectivity index (χ0n) is 18.9. The molecule has 0 saturated heterocycles. The molecule has 0 atom stereocenters. The first-order valence-corrected chi connectivity index (χ1v) is 10.7. The molecule has 0 aliphatic carbocycles. The van der Waals surface area contributed by atoms with Gasteiger partial charge in [0.25, 0.3) is 5.69 Å². The van der Waals surface area contributed by atoms with Gasteiger partial charge in [0.05, 0.1) is 21.9 Å². The average molecular weight is 527 g/mol. The number of nitro groups is 1. The molecule has 0 bridgehead atoms. The minimum Gasteiger partial charge on any atom is -0.289 e. The van der Waals surface area contributed by atoms with Crippen molar-refractivity contribution in [3.63, 3.8) is 0 Å². The lowest BCUT2D eigenvalue weighted by atomic mass is 10.1. The smallest absolute Gasteiger partial charge is 0.289 e. The Balaban J connectivity index is 1.70. The monoisotopic (exact) mass is 527 g/mol. The SMILES string of the molecule is O=C(/C=C\C(=O)c1cc(-c2ccc(F)c(F)c2)nn1-c1ccc(C(F)(F)F)cc1)c1ccc([N+](=O)[O-])cc1. The second-order valence-electron chi connectivity index (χ2n) is 7.87. The number of aromatic nitrogens is 2. The van der Waals surface area contributed by atoms with Gasteiger partial charge in [0.15, 0.2) is 17.4 Å². The van der Waals surface area contributed by atoms with Crippen molar-refractivity contribution in [1.82, 2.24) is 9.78 Å². The number of carbonyl (C=O) groups is 2. The summed E-state index contributed by atoms with van der Waals surface area (Å²) in [6, 6.07) is 12.5. The van der Waals surface area contributed by atoms with Crippen molar-refractivity contribution < 1.29 is 36.5 Å². The number of carbonyl (C=O) groups excluding carboxylic acids is 2. The Labute approximate surface area is 210 Å². The third kappa shape index (κ3) is 5.53. The van der Waals surface area contributed by atoms with E-state index in [9.17, 15) is 41.7 Å². The Morgan fingerprint density at radius 1 is 0.842 bits per heavy atom. The number of hydrogen-bond donors (Lipinski definition) is 0. The predicted octanol–water partition coefficient (Wildman–Crippen LogP) is 6.37. The van der Waals surface area contributed by atoms with Gasteiger partial charge in [0, 0.05) is 23.3 Å². The fourth-order valence-electron chi connectivity index (χ4n) is 3.42. The molecule has 0 aliphatic rings. The summed E-state index contributed by atoms with van der Waals surface area (Å²) in [6.45, 7) is 0. The maximum absolute atomic E-state index is 13.8. The van der Waals surface area contributed by atoms with E-state index >= 15 is 0 Å². The van der Waals surface area contributed by atoms with Gasteiger partial charge in [-0.1, -0.05) is 0 Å². The fraction of sp³-hybridized carbons (Fsp3) is 0.0385. The second-order valence-corrected chi connectivity index (χ2v) is 7.87. The van der Waals surface area contributed by atoms with E-state index < -0.39 is 39.9 Å². The Morgan fingerprint density at radius 2 is 1.47 bits per heavy atom. The van der Waals surface area contributed by atoms with Crippen molar-refractivity contribution in [2.24, 2.45) is 0 Å². The number of hydrogen-bond acceptors (Lipinski definition) is 5. The molecule has 0 saturated carbocycles. The second kappa shape index (κ2) is 10.2. The van der Waals surface area contributed by atoms with Crippen LogP contribution in [-0.4, -0.2) is 26.3 Å². The quantitative estimate of drug-likeness (QED) is 0.0916. The van der Waals surface area contributed by atoms with Gasteiger partial charge in [-0.05, 0) is 72.8 Å². The first kappa shape index (κ1) is 26.1. The van der Waals surface area contributed by atoms with Crippen molar-refractivity contribution in [2.45, 2.75) is 6.18 Å². The lowest BCUT2D eigenvalue weighted by Gasteiger charge is -2.09. The van der Waals surface area contributed by atoms with Gasteiger partial charge < -0.3 is 0 Å². The average Bonchev–Trinajstić information content (AvgIpc) is 3.34. The maximum atomic E-state index is 13.8. The number of nitrogens with zero attached hydrogens (tertiary/aromatic N) is 3. The summed E-state index contributed by atoms with van der Waals surface area (Å²) in [5.41, 5.74) is -1.11. The van der Waals surface area contributed by atoms with Crippen LogP contribution in [0.15, 0.2) is 84.9 Å². The molecule has 0 amide bonds. The lowest BCUT2D eigenvalue weighted by molar-refractivity contribution is -0.384. The minimum atomic E-state index is -4.60. The highest BCUT2D eigenvalue weighted by molar-refractivity contribution is 6.11. The van der Waals surface area contributed by atoms with Crippen LogP contribution in [0.3, 0.4) is 0 Å². The lowest BCUT2D eigenvalue weighted by Crippen LogP contribution is -2.09. The van der Waals surface area contributed by atoms with E-state index in [1.807, 2.05) is 0 Å². The summed E-state index contributed by atoms with van der Waals surface area (Å²) in [4.78, 5) is 35.6. The van der Waals surface area contributed by atoms with Crippen molar-refractivity contribution in [2.75, 3.05) is 0 Å². The highest BCUT2D eigenvalue weighted by Crippen LogP contribution is 2.30. The standard InChI is InChI=1S/C26H14F5N3O4/c27-20-10-3-16(13-21(20)28)22-14-23(33(32-22)18-8-4-17(5-9-18)26(29,30)31)25(36)12-11-24(35)15-1-6-19(7-2-15)34(37)38/h1-14H/b12-11-. The van der Waals surface area contributed by atoms with Crippen LogP contribution in [0.25, 0.3) is 16.9 Å². The fourth-order valence-corrected chi connectivity index (χ4v) is 3.42. The van der Waals surface area contributed by atoms with Gasteiger partial charge in [0.1, 0.15) is 5.69 Å². The summed E-state index contributed by atoms with van der Waals surface area (Å²) < 4.78 is 67.1. The Bertz CT molecular complexity index is 1570. The molecule has 4 rings (SSSR count). The van der Waals surface area contributed by atoms with E-state index in [2.05, 4.69) is 5.10 Å². The van der Waals surface area contributed by atoms with Crippen molar-refractivity contribution in [1.29, 1.82) is 0 Å². The van der Waals surface area contributed by atoms with Crippen LogP contribution in [0.1, 0.15) is 26.4 Å². The number of non-ortho nitro benzene ring substituents is 1. The van der Waals surface area contributed by atoms with Gasteiger partial charge in [-0.2, -0.15) is 18.3 Å². The largest absolute Gasteiger partial charge is 0.416 e. The molecule has 0 aliphatic heterocycles. The number of allylic oxidation sites excluding steroid dienone is 2. The number of nitro benzene ring substituents is 1. The van der Waals surface area contributed by atoms with Crippen LogP contribution < -0.4 is 0 Å². The van der Waals surface area contributed by atoms with Crippen molar-refractivity contribution >= 4 is 17.3 Å². The molecule has 1 aromatic heterocycles. The summed E-state index contributed by atoms with van der Waals surface area (Å²) in [5, 5.41) is 15.0. The molecule has 38 heavy (non-hydrogen) atoms. The third-order valence-corrected chi connectivity index (χ3v) is 5.37. The predicted molar refractivity (Wildman–Crippen MR) is 125 cm³/mol. The Morgan fingerprint density at radius 3 is 2.05 bits per heavy atom. The van der Waals surface area contributed by atoms with E-state index in [-0.39, 0.29) is 33.9 Å². The summed E-state index contributed by atoms with van der Waals surface area (Å²) in [5.74, 6) is -3.70. The molecule has 0 radical (unpaired) electrons. The molecule has 0 fully saturated rings. The molecule has 1 heterocycles. The molecular formula is C26H14F5N3O4. The molecule has 192 valence electrons. The van der Waals surface area contributed by atoms with Gasteiger partial charge in [0.2, 0.25) is 5.78 Å². The van der Waals surface area contributed by atoms with Crippen molar-refractivity contribution in [3.8, 4) is 16.9 Å². The number of rotatable bonds is 7. The highest BCUT2D eigenvalue weighted by Gasteiger charge is 2.30. The maximum Gasteiger partial charge on any atom is 0.416 e. The van der Waals surface area contributed by atoms with E-state index in [1.54, 1.807) is 0 Å². The normalized spacial score (nSPS) is 11.6. The minimum absolute atomic E-state index is 0.0160. The zero-order chi connectivity index (χ0) is 27.6. The summed E-state index contributed by atoms with van der Waals surface area (Å²) in [6.07, 6.45) is -2.78. The zero-order valence-corrected chi connectivity index (χ0v) is 18.9. The highest BCUT2D eigenvalue weighted by atomic mass is 19.4. The molecule has 3 aromatic carbocycles. The van der Waals surface area contributed by atoms with Gasteiger partial charge >= 0.3 is 6.18 Å². The molecule has 4 aromatic rings. The van der Waals surface area contributed by atoms with E-state index in [4.69, 9.17) is 0 Å². The third-order valence-electron chi connectivity index (χ3n) is 5.37. The first-order valence-electron chi connectivity index (χ1n) is 10.7. The van der Waals surface area contributed by atoms with E-state index in [1.165, 1.54) is 24.3 Å². The van der Waals surface area contributed by atoms with Crippen LogP contribution in [0, 0.1) is 21.7 Å².